The topological polar surface area (TPSA) is 35.2 Å². The number of hydrogen-bond acceptors (Lipinski definition) is 3. The highest BCUT2D eigenvalue weighted by molar-refractivity contribution is 7.98. The van der Waals surface area contributed by atoms with E-state index in [1.54, 1.807) is 18.9 Å². The van der Waals surface area contributed by atoms with Gasteiger partial charge in [-0.15, -0.1) is 11.8 Å². The Morgan fingerprint density at radius 1 is 1.50 bits per heavy atom. The Hall–Kier alpha value is -0.580. The second kappa shape index (κ2) is 6.01. The zero-order valence-corrected chi connectivity index (χ0v) is 9.66. The van der Waals surface area contributed by atoms with E-state index in [0.29, 0.717) is 10.9 Å². The van der Waals surface area contributed by atoms with Crippen molar-refractivity contribution in [2.45, 2.75) is 5.75 Å². The van der Waals surface area contributed by atoms with Crippen molar-refractivity contribution in [1.82, 2.24) is 0 Å². The molecule has 1 rings (SSSR count). The van der Waals surface area contributed by atoms with Crippen LogP contribution in [0.25, 0.3) is 0 Å². The van der Waals surface area contributed by atoms with E-state index in [-0.39, 0.29) is 0 Å². The standard InChI is InChI=1S/C10H13NOS2/c1-12-7-14-6-8-4-2-3-5-9(8)10(11)13/h2-5H,6-7H2,1H3,(H2,11,13). The zero-order chi connectivity index (χ0) is 10.4. The maximum atomic E-state index is 5.61. The molecule has 0 unspecified atom stereocenters. The van der Waals surface area contributed by atoms with E-state index in [1.807, 2.05) is 24.3 Å². The molecule has 0 saturated heterocycles. The van der Waals surface area contributed by atoms with E-state index < -0.39 is 0 Å². The third kappa shape index (κ3) is 3.29. The molecule has 0 saturated carbocycles. The monoisotopic (exact) mass is 227 g/mol. The Kier molecular flexibility index (Phi) is 4.93. The van der Waals surface area contributed by atoms with Crippen LogP contribution in [-0.4, -0.2) is 18.0 Å². The van der Waals surface area contributed by atoms with Crippen LogP contribution in [0.15, 0.2) is 24.3 Å². The summed E-state index contributed by atoms with van der Waals surface area (Å²) in [6.45, 7) is 0. The fraction of sp³-hybridized carbons (Fsp3) is 0.300. The van der Waals surface area contributed by atoms with Crippen LogP contribution in [0.4, 0.5) is 0 Å². The van der Waals surface area contributed by atoms with Crippen molar-refractivity contribution in [2.75, 3.05) is 13.0 Å². The Bertz CT molecular complexity index is 315. The summed E-state index contributed by atoms with van der Waals surface area (Å²) in [6, 6.07) is 7.92. The van der Waals surface area contributed by atoms with Crippen LogP contribution >= 0.6 is 24.0 Å². The molecule has 0 radical (unpaired) electrons. The molecule has 2 N–H and O–H groups in total. The summed E-state index contributed by atoms with van der Waals surface area (Å²) in [6.07, 6.45) is 0. The van der Waals surface area contributed by atoms with Crippen LogP contribution < -0.4 is 5.73 Å². The van der Waals surface area contributed by atoms with Gasteiger partial charge in [-0.3, -0.25) is 0 Å². The lowest BCUT2D eigenvalue weighted by Gasteiger charge is -2.06. The molecule has 0 aliphatic carbocycles. The average Bonchev–Trinajstić information content (AvgIpc) is 2.19. The zero-order valence-electron chi connectivity index (χ0n) is 8.03. The summed E-state index contributed by atoms with van der Waals surface area (Å²) in [7, 11) is 1.69. The molecular weight excluding hydrogens is 214 g/mol. The lowest BCUT2D eigenvalue weighted by Crippen LogP contribution is -2.11. The summed E-state index contributed by atoms with van der Waals surface area (Å²) >= 11 is 6.67. The third-order valence-electron chi connectivity index (χ3n) is 1.74. The SMILES string of the molecule is COCSCc1ccccc1C(N)=S. The molecule has 4 heteroatoms. The van der Waals surface area contributed by atoms with Gasteiger partial charge in [-0.25, -0.2) is 0 Å². The predicted octanol–water partition coefficient (Wildman–Crippen LogP) is 2.16. The fourth-order valence-electron chi connectivity index (χ4n) is 1.12. The van der Waals surface area contributed by atoms with E-state index in [9.17, 15) is 0 Å². The van der Waals surface area contributed by atoms with E-state index in [4.69, 9.17) is 22.7 Å². The van der Waals surface area contributed by atoms with Crippen LogP contribution in [0.2, 0.25) is 0 Å². The van der Waals surface area contributed by atoms with Crippen molar-refractivity contribution in [3.05, 3.63) is 35.4 Å². The molecule has 0 fully saturated rings. The highest BCUT2D eigenvalue weighted by Gasteiger charge is 2.03. The molecule has 14 heavy (non-hydrogen) atoms. The Balaban J connectivity index is 2.69. The molecule has 1 aromatic rings. The fourth-order valence-corrected chi connectivity index (χ4v) is 2.04. The van der Waals surface area contributed by atoms with E-state index >= 15 is 0 Å². The van der Waals surface area contributed by atoms with E-state index in [2.05, 4.69) is 0 Å². The largest absolute Gasteiger partial charge is 0.389 e. The lowest BCUT2D eigenvalue weighted by atomic mass is 10.1. The molecule has 0 bridgehead atoms. The molecule has 0 aromatic heterocycles. The number of methoxy groups -OCH3 is 1. The van der Waals surface area contributed by atoms with Crippen molar-refractivity contribution >= 4 is 29.0 Å². The molecule has 0 aliphatic heterocycles. The van der Waals surface area contributed by atoms with Gasteiger partial charge >= 0.3 is 0 Å². The normalized spacial score (nSPS) is 10.1. The minimum absolute atomic E-state index is 0.457. The summed E-state index contributed by atoms with van der Waals surface area (Å²) in [5.41, 5.74) is 7.74. The summed E-state index contributed by atoms with van der Waals surface area (Å²) in [5.74, 6) is 1.56. The highest BCUT2D eigenvalue weighted by atomic mass is 32.2. The second-order valence-electron chi connectivity index (χ2n) is 2.78. The Morgan fingerprint density at radius 3 is 2.86 bits per heavy atom. The van der Waals surface area contributed by atoms with Crippen LogP contribution in [0.1, 0.15) is 11.1 Å². The molecular formula is C10H13NOS2. The summed E-state index contributed by atoms with van der Waals surface area (Å²) < 4.78 is 4.96. The van der Waals surface area contributed by atoms with E-state index in [0.717, 1.165) is 11.3 Å². The van der Waals surface area contributed by atoms with Crippen LogP contribution in [-0.2, 0) is 10.5 Å². The summed E-state index contributed by atoms with van der Waals surface area (Å²) in [5, 5.41) is 0. The van der Waals surface area contributed by atoms with Crippen molar-refractivity contribution in [2.24, 2.45) is 5.73 Å². The van der Waals surface area contributed by atoms with Crippen molar-refractivity contribution < 1.29 is 4.74 Å². The molecule has 0 heterocycles. The van der Waals surface area contributed by atoms with Crippen LogP contribution in [0.5, 0.6) is 0 Å². The van der Waals surface area contributed by atoms with Gasteiger partial charge in [-0.05, 0) is 5.56 Å². The first-order valence-electron chi connectivity index (χ1n) is 4.20. The first-order chi connectivity index (χ1) is 6.75. The first kappa shape index (κ1) is 11.5. The van der Waals surface area contributed by atoms with Crippen LogP contribution in [0.3, 0.4) is 0 Å². The first-order valence-corrected chi connectivity index (χ1v) is 5.76. The van der Waals surface area contributed by atoms with Crippen LogP contribution in [0, 0.1) is 0 Å². The molecule has 0 spiro atoms. The van der Waals surface area contributed by atoms with Crippen molar-refractivity contribution in [1.29, 1.82) is 0 Å². The van der Waals surface area contributed by atoms with Crippen molar-refractivity contribution in [3.8, 4) is 0 Å². The van der Waals surface area contributed by atoms with Gasteiger partial charge in [0.15, 0.2) is 0 Å². The average molecular weight is 227 g/mol. The minimum Gasteiger partial charge on any atom is -0.389 e. The quantitative estimate of drug-likeness (QED) is 0.475. The van der Waals surface area contributed by atoms with E-state index in [1.165, 1.54) is 5.56 Å². The van der Waals surface area contributed by atoms with Gasteiger partial charge in [-0.2, -0.15) is 0 Å². The molecule has 0 amide bonds. The molecule has 0 aliphatic rings. The molecule has 76 valence electrons. The van der Waals surface area contributed by atoms with Gasteiger partial charge in [0.1, 0.15) is 4.99 Å². The number of hydrogen-bond donors (Lipinski definition) is 1. The molecule has 1 aromatic carbocycles. The number of thioether (sulfide) groups is 1. The predicted molar refractivity (Wildman–Crippen MR) is 65.5 cm³/mol. The number of benzene rings is 1. The molecule has 0 atom stereocenters. The van der Waals surface area contributed by atoms with Gasteiger partial charge in [0.05, 0.1) is 5.94 Å². The van der Waals surface area contributed by atoms with Crippen molar-refractivity contribution in [3.63, 3.8) is 0 Å². The van der Waals surface area contributed by atoms with Gasteiger partial charge in [0.25, 0.3) is 0 Å². The third-order valence-corrected chi connectivity index (χ3v) is 2.88. The number of ether oxygens (including phenoxy) is 1. The number of rotatable bonds is 5. The number of nitrogens with two attached hydrogens (primary N) is 1. The Labute approximate surface area is 93.8 Å². The molecule has 2 nitrogen and oxygen atoms in total. The van der Waals surface area contributed by atoms with Gasteiger partial charge in [-0.1, -0.05) is 36.5 Å². The van der Waals surface area contributed by atoms with Gasteiger partial charge in [0, 0.05) is 18.4 Å². The maximum Gasteiger partial charge on any atom is 0.104 e. The van der Waals surface area contributed by atoms with Gasteiger partial charge < -0.3 is 10.5 Å². The smallest absolute Gasteiger partial charge is 0.104 e. The highest BCUT2D eigenvalue weighted by Crippen LogP contribution is 2.16. The Morgan fingerprint density at radius 2 is 2.21 bits per heavy atom. The summed E-state index contributed by atoms with van der Waals surface area (Å²) in [4.78, 5) is 0.457. The second-order valence-corrected chi connectivity index (χ2v) is 4.15. The minimum atomic E-state index is 0.457. The van der Waals surface area contributed by atoms with Gasteiger partial charge in [0.2, 0.25) is 0 Å². The number of thiocarbonyl (C=S) groups is 1. The lowest BCUT2D eigenvalue weighted by molar-refractivity contribution is 0.259. The maximum absolute atomic E-state index is 5.61.